The van der Waals surface area contributed by atoms with Crippen LogP contribution in [0.3, 0.4) is 0 Å². The number of hydrogen-bond acceptors (Lipinski definition) is 5. The molecule has 1 aromatic rings. The van der Waals surface area contributed by atoms with Crippen molar-refractivity contribution in [3.05, 3.63) is 35.9 Å². The van der Waals surface area contributed by atoms with Crippen LogP contribution in [0, 0.1) is 0 Å². The summed E-state index contributed by atoms with van der Waals surface area (Å²) < 4.78 is 25.3. The van der Waals surface area contributed by atoms with Gasteiger partial charge in [0, 0.05) is 10.1 Å². The van der Waals surface area contributed by atoms with E-state index in [1.54, 1.807) is 6.07 Å². The van der Waals surface area contributed by atoms with Crippen molar-refractivity contribution in [2.75, 3.05) is 0 Å². The summed E-state index contributed by atoms with van der Waals surface area (Å²) in [6.45, 7) is 0. The molecule has 0 amide bonds. The molecule has 16 heavy (non-hydrogen) atoms. The molecule has 0 saturated heterocycles. The Hall–Kier alpha value is -0.650. The summed E-state index contributed by atoms with van der Waals surface area (Å²) in [5, 5.41) is 18.9. The molecular weight excluding hydrogens is 258 g/mol. The zero-order valence-electron chi connectivity index (χ0n) is 7.79. The fraction of sp³-hybridized carbons (Fsp3) is 0.143. The Morgan fingerprint density at radius 1 is 1.25 bits per heavy atom. The van der Waals surface area contributed by atoms with E-state index in [0.29, 0.717) is 0 Å². The normalized spacial score (nSPS) is 16.6. The average Bonchev–Trinajstić information content (AvgIpc) is 2.17. The summed E-state index contributed by atoms with van der Waals surface area (Å²) in [5.41, 5.74) is -3.56. The highest BCUT2D eigenvalue weighted by Gasteiger charge is 2.53. The molecule has 0 saturated carbocycles. The van der Waals surface area contributed by atoms with Crippen molar-refractivity contribution in [3.63, 3.8) is 0 Å². The van der Waals surface area contributed by atoms with E-state index in [-0.39, 0.29) is 5.56 Å². The van der Waals surface area contributed by atoms with E-state index in [1.165, 1.54) is 12.1 Å². The zero-order valence-corrected chi connectivity index (χ0v) is 9.58. The number of benzene rings is 1. The van der Waals surface area contributed by atoms with Crippen LogP contribution in [-0.4, -0.2) is 20.0 Å². The van der Waals surface area contributed by atoms with Crippen LogP contribution >= 0.6 is 15.9 Å². The standard InChI is InChI=1S/C7H8O7P2/c8-7(9,6-4-2-1-3-5-6)16(12,13)14-15(10)11/h1-5,8-9H,(H-,10,11,12,13)/p+1. The molecule has 7 nitrogen and oxygen atoms in total. The largest absolute Gasteiger partial charge is 0.703 e. The Bertz CT molecular complexity index is 430. The fourth-order valence-electron chi connectivity index (χ4n) is 0.977. The van der Waals surface area contributed by atoms with E-state index < -0.39 is 21.4 Å². The molecular formula is C7H9O7P2+. The van der Waals surface area contributed by atoms with E-state index in [0.717, 1.165) is 12.1 Å². The molecule has 9 heteroatoms. The van der Waals surface area contributed by atoms with Crippen LogP contribution in [0.1, 0.15) is 5.56 Å². The van der Waals surface area contributed by atoms with Gasteiger partial charge < -0.3 is 15.1 Å². The molecule has 1 rings (SSSR count). The van der Waals surface area contributed by atoms with Gasteiger partial charge in [0.25, 0.3) is 5.53 Å². The molecule has 0 bridgehead atoms. The van der Waals surface area contributed by atoms with Crippen molar-refractivity contribution in [1.82, 2.24) is 0 Å². The lowest BCUT2D eigenvalue weighted by Crippen LogP contribution is -2.25. The topological polar surface area (TPSA) is 124 Å². The molecule has 1 aromatic carbocycles. The first-order chi connectivity index (χ1) is 7.27. The SMILES string of the molecule is O=[P+](O)OP(=O)(O)C(O)(O)c1ccccc1. The van der Waals surface area contributed by atoms with Crippen LogP contribution < -0.4 is 0 Å². The maximum Gasteiger partial charge on any atom is 0.703 e. The van der Waals surface area contributed by atoms with Gasteiger partial charge in [-0.25, -0.2) is 4.57 Å². The minimum Gasteiger partial charge on any atom is -0.352 e. The lowest BCUT2D eigenvalue weighted by Gasteiger charge is -2.22. The summed E-state index contributed by atoms with van der Waals surface area (Å²) in [6.07, 6.45) is 0. The van der Waals surface area contributed by atoms with Crippen molar-refractivity contribution in [2.24, 2.45) is 0 Å². The molecule has 0 aliphatic rings. The number of rotatable bonds is 4. The Balaban J connectivity index is 3.11. The first kappa shape index (κ1) is 13.4. The summed E-state index contributed by atoms with van der Waals surface area (Å²) in [5.74, 6) is 0. The molecule has 88 valence electrons. The number of hydrogen-bond donors (Lipinski definition) is 4. The monoisotopic (exact) mass is 267 g/mol. The minimum atomic E-state index is -5.10. The lowest BCUT2D eigenvalue weighted by atomic mass is 10.2. The van der Waals surface area contributed by atoms with E-state index in [1.807, 2.05) is 0 Å². The Morgan fingerprint density at radius 3 is 2.19 bits per heavy atom. The molecule has 2 unspecified atom stereocenters. The van der Waals surface area contributed by atoms with Crippen LogP contribution in [0.4, 0.5) is 0 Å². The van der Waals surface area contributed by atoms with Gasteiger partial charge in [0.05, 0.1) is 0 Å². The molecule has 0 spiro atoms. The molecule has 4 N–H and O–H groups in total. The third-order valence-electron chi connectivity index (χ3n) is 1.74. The molecule has 0 aliphatic carbocycles. The fourth-order valence-corrected chi connectivity index (χ4v) is 2.66. The van der Waals surface area contributed by atoms with Gasteiger partial charge in [0.15, 0.2) is 0 Å². The van der Waals surface area contributed by atoms with Gasteiger partial charge in [0.2, 0.25) is 0 Å². The molecule has 0 aliphatic heterocycles. The third kappa shape index (κ3) is 2.72. The van der Waals surface area contributed by atoms with Crippen molar-refractivity contribution in [3.8, 4) is 0 Å². The molecule has 0 aromatic heterocycles. The average molecular weight is 267 g/mol. The lowest BCUT2D eigenvalue weighted by molar-refractivity contribution is -0.109. The summed E-state index contributed by atoms with van der Waals surface area (Å²) >= 11 is 0. The smallest absolute Gasteiger partial charge is 0.352 e. The number of aliphatic hydroxyl groups is 2. The van der Waals surface area contributed by atoms with Gasteiger partial charge in [-0.15, -0.1) is 4.89 Å². The predicted molar refractivity (Wildman–Crippen MR) is 53.3 cm³/mol. The zero-order chi connectivity index (χ0) is 12.4. The van der Waals surface area contributed by atoms with E-state index in [9.17, 15) is 19.3 Å². The van der Waals surface area contributed by atoms with E-state index in [4.69, 9.17) is 9.79 Å². The first-order valence-electron chi connectivity index (χ1n) is 3.96. The van der Waals surface area contributed by atoms with Crippen molar-refractivity contribution in [2.45, 2.75) is 5.53 Å². The van der Waals surface area contributed by atoms with Crippen molar-refractivity contribution < 1.29 is 33.4 Å². The van der Waals surface area contributed by atoms with Crippen LogP contribution in [0.15, 0.2) is 30.3 Å². The van der Waals surface area contributed by atoms with E-state index >= 15 is 0 Å². The predicted octanol–water partition coefficient (Wildman–Crippen LogP) is 0.633. The van der Waals surface area contributed by atoms with Crippen molar-refractivity contribution in [1.29, 1.82) is 0 Å². The summed E-state index contributed by atoms with van der Waals surface area (Å²) in [6, 6.07) is 6.67. The first-order valence-corrected chi connectivity index (χ1v) is 6.67. The maximum absolute atomic E-state index is 11.3. The Kier molecular flexibility index (Phi) is 3.93. The highest BCUT2D eigenvalue weighted by molar-refractivity contribution is 7.60. The van der Waals surface area contributed by atoms with Gasteiger partial charge >= 0.3 is 15.9 Å². The molecule has 0 fully saturated rings. The van der Waals surface area contributed by atoms with Crippen molar-refractivity contribution >= 4 is 15.9 Å². The highest BCUT2D eigenvalue weighted by Crippen LogP contribution is 2.61. The van der Waals surface area contributed by atoms with E-state index in [2.05, 4.69) is 4.31 Å². The Morgan fingerprint density at radius 2 is 1.75 bits per heavy atom. The maximum atomic E-state index is 11.3. The minimum absolute atomic E-state index is 0.322. The van der Waals surface area contributed by atoms with Gasteiger partial charge in [-0.3, -0.25) is 0 Å². The quantitative estimate of drug-likeness (QED) is 0.465. The molecule has 0 radical (unpaired) electrons. The van der Waals surface area contributed by atoms with Crippen LogP contribution in [0.25, 0.3) is 0 Å². The van der Waals surface area contributed by atoms with Crippen LogP contribution in [0.5, 0.6) is 0 Å². The molecule has 0 heterocycles. The third-order valence-corrected chi connectivity index (χ3v) is 4.23. The van der Waals surface area contributed by atoms with Gasteiger partial charge in [-0.1, -0.05) is 30.3 Å². The second-order valence-electron chi connectivity index (χ2n) is 2.84. The van der Waals surface area contributed by atoms with Gasteiger partial charge in [-0.2, -0.15) is 0 Å². The Labute approximate surface area is 91.4 Å². The van der Waals surface area contributed by atoms with Crippen LogP contribution in [0.2, 0.25) is 0 Å². The second-order valence-corrected chi connectivity index (χ2v) is 5.63. The van der Waals surface area contributed by atoms with Gasteiger partial charge in [-0.05, 0) is 4.31 Å². The molecule has 2 atom stereocenters. The highest BCUT2D eigenvalue weighted by atomic mass is 31.2. The summed E-state index contributed by atoms with van der Waals surface area (Å²) in [4.78, 5) is 17.5. The second kappa shape index (κ2) is 4.69. The summed E-state index contributed by atoms with van der Waals surface area (Å²) in [7, 11) is -8.52. The van der Waals surface area contributed by atoms with Gasteiger partial charge in [0.1, 0.15) is 0 Å². The van der Waals surface area contributed by atoms with Crippen LogP contribution in [-0.2, 0) is 19.0 Å².